The fourth-order valence-corrected chi connectivity index (χ4v) is 3.36. The second kappa shape index (κ2) is 7.92. The van der Waals surface area contributed by atoms with E-state index in [1.54, 1.807) is 12.1 Å². The van der Waals surface area contributed by atoms with E-state index in [1.165, 1.54) is 17.7 Å². The number of rotatable bonds is 5. The molecule has 0 saturated carbocycles. The number of benzene rings is 2. The zero-order valence-corrected chi connectivity index (χ0v) is 14.1. The zero-order valence-electron chi connectivity index (χ0n) is 14.1. The molecule has 0 atom stereocenters. The van der Waals surface area contributed by atoms with E-state index < -0.39 is 4.92 Å². The van der Waals surface area contributed by atoms with Gasteiger partial charge in [0.15, 0.2) is 0 Å². The highest BCUT2D eigenvalue weighted by molar-refractivity contribution is 5.78. The summed E-state index contributed by atoms with van der Waals surface area (Å²) < 4.78 is 0. The van der Waals surface area contributed by atoms with Gasteiger partial charge in [-0.05, 0) is 36.3 Å². The smallest absolute Gasteiger partial charge is 0.269 e. The van der Waals surface area contributed by atoms with E-state index in [0.29, 0.717) is 12.3 Å². The molecule has 25 heavy (non-hydrogen) atoms. The number of nitro groups is 1. The number of carbonyl (C=O) groups is 1. The van der Waals surface area contributed by atoms with Gasteiger partial charge in [-0.3, -0.25) is 14.9 Å². The SMILES string of the molecule is O=C(Cc1ccc([N+](=O)[O-])cc1)N1CCC(Cc2ccccc2)CC1. The van der Waals surface area contributed by atoms with Crippen LogP contribution in [0.1, 0.15) is 24.0 Å². The molecule has 0 aromatic heterocycles. The number of carbonyl (C=O) groups excluding carboxylic acids is 1. The lowest BCUT2D eigenvalue weighted by Gasteiger charge is -2.32. The van der Waals surface area contributed by atoms with Crippen LogP contribution in [0, 0.1) is 16.0 Å². The quantitative estimate of drug-likeness (QED) is 0.618. The molecule has 0 radical (unpaired) electrons. The van der Waals surface area contributed by atoms with Crippen molar-refractivity contribution in [3.8, 4) is 0 Å². The van der Waals surface area contributed by atoms with Crippen molar-refractivity contribution in [2.75, 3.05) is 13.1 Å². The van der Waals surface area contributed by atoms with Crippen LogP contribution >= 0.6 is 0 Å². The predicted molar refractivity (Wildman–Crippen MR) is 96.3 cm³/mol. The second-order valence-electron chi connectivity index (χ2n) is 6.61. The summed E-state index contributed by atoms with van der Waals surface area (Å²) in [7, 11) is 0. The average Bonchev–Trinajstić information content (AvgIpc) is 2.63. The summed E-state index contributed by atoms with van der Waals surface area (Å²) in [6.07, 6.45) is 3.44. The van der Waals surface area contributed by atoms with Crippen molar-refractivity contribution in [1.82, 2.24) is 4.90 Å². The first kappa shape index (κ1) is 17.1. The van der Waals surface area contributed by atoms with E-state index in [0.717, 1.165) is 37.9 Å². The molecule has 130 valence electrons. The summed E-state index contributed by atoms with van der Waals surface area (Å²) in [5, 5.41) is 10.7. The van der Waals surface area contributed by atoms with E-state index in [-0.39, 0.29) is 11.6 Å². The number of likely N-dealkylation sites (tertiary alicyclic amines) is 1. The average molecular weight is 338 g/mol. The van der Waals surface area contributed by atoms with Crippen molar-refractivity contribution in [1.29, 1.82) is 0 Å². The third-order valence-electron chi connectivity index (χ3n) is 4.84. The molecule has 0 unspecified atom stereocenters. The van der Waals surface area contributed by atoms with Crippen LogP contribution < -0.4 is 0 Å². The summed E-state index contributed by atoms with van der Waals surface area (Å²) in [5.41, 5.74) is 2.23. The van der Waals surface area contributed by atoms with E-state index >= 15 is 0 Å². The number of piperidine rings is 1. The summed E-state index contributed by atoms with van der Waals surface area (Å²) in [6.45, 7) is 1.59. The number of amides is 1. The minimum atomic E-state index is -0.427. The van der Waals surface area contributed by atoms with Crippen molar-refractivity contribution in [2.45, 2.75) is 25.7 Å². The van der Waals surface area contributed by atoms with Crippen LogP contribution in [0.2, 0.25) is 0 Å². The van der Waals surface area contributed by atoms with Crippen LogP contribution in [-0.2, 0) is 17.6 Å². The van der Waals surface area contributed by atoms with Gasteiger partial charge >= 0.3 is 0 Å². The molecule has 3 rings (SSSR count). The standard InChI is InChI=1S/C20H22N2O3/c23-20(15-17-6-8-19(9-7-17)22(24)25)21-12-10-18(11-13-21)14-16-4-2-1-3-5-16/h1-9,18H,10-15H2. The fraction of sp³-hybridized carbons (Fsp3) is 0.350. The van der Waals surface area contributed by atoms with Crippen LogP contribution in [0.15, 0.2) is 54.6 Å². The molecule has 0 spiro atoms. The Bertz CT molecular complexity index is 720. The molecule has 0 N–H and O–H groups in total. The Hall–Kier alpha value is -2.69. The molecule has 1 aliphatic rings. The van der Waals surface area contributed by atoms with Gasteiger partial charge < -0.3 is 4.90 Å². The van der Waals surface area contributed by atoms with Crippen LogP contribution in [0.3, 0.4) is 0 Å². The Morgan fingerprint density at radius 2 is 1.64 bits per heavy atom. The molecular weight excluding hydrogens is 316 g/mol. The Labute approximate surface area is 147 Å². The lowest BCUT2D eigenvalue weighted by atomic mass is 9.90. The number of hydrogen-bond acceptors (Lipinski definition) is 3. The van der Waals surface area contributed by atoms with E-state index in [9.17, 15) is 14.9 Å². The van der Waals surface area contributed by atoms with Gasteiger partial charge in [-0.15, -0.1) is 0 Å². The third kappa shape index (κ3) is 4.66. The maximum Gasteiger partial charge on any atom is 0.269 e. The monoisotopic (exact) mass is 338 g/mol. The van der Waals surface area contributed by atoms with Crippen LogP contribution in [-0.4, -0.2) is 28.8 Å². The summed E-state index contributed by atoms with van der Waals surface area (Å²) in [6, 6.07) is 16.7. The molecule has 5 heteroatoms. The topological polar surface area (TPSA) is 63.4 Å². The van der Waals surface area contributed by atoms with Gasteiger partial charge in [0.1, 0.15) is 0 Å². The third-order valence-corrected chi connectivity index (χ3v) is 4.84. The van der Waals surface area contributed by atoms with Gasteiger partial charge in [0, 0.05) is 25.2 Å². The van der Waals surface area contributed by atoms with E-state index in [1.807, 2.05) is 11.0 Å². The van der Waals surface area contributed by atoms with Crippen molar-refractivity contribution in [3.05, 3.63) is 75.8 Å². The Kier molecular flexibility index (Phi) is 5.43. The highest BCUT2D eigenvalue weighted by Crippen LogP contribution is 2.22. The Morgan fingerprint density at radius 1 is 1.00 bits per heavy atom. The zero-order chi connectivity index (χ0) is 17.6. The van der Waals surface area contributed by atoms with Gasteiger partial charge in [0.25, 0.3) is 5.69 Å². The normalized spacial score (nSPS) is 15.1. The van der Waals surface area contributed by atoms with E-state index in [4.69, 9.17) is 0 Å². The first-order valence-electron chi connectivity index (χ1n) is 8.67. The second-order valence-corrected chi connectivity index (χ2v) is 6.61. The van der Waals surface area contributed by atoms with Gasteiger partial charge in [0.05, 0.1) is 11.3 Å². The highest BCUT2D eigenvalue weighted by atomic mass is 16.6. The minimum absolute atomic E-state index is 0.0536. The van der Waals surface area contributed by atoms with Gasteiger partial charge in [-0.1, -0.05) is 42.5 Å². The fourth-order valence-electron chi connectivity index (χ4n) is 3.36. The molecule has 5 nitrogen and oxygen atoms in total. The molecule has 1 heterocycles. The maximum atomic E-state index is 12.4. The minimum Gasteiger partial charge on any atom is -0.342 e. The molecule has 2 aromatic rings. The van der Waals surface area contributed by atoms with Crippen LogP contribution in [0.25, 0.3) is 0 Å². The van der Waals surface area contributed by atoms with Gasteiger partial charge in [-0.2, -0.15) is 0 Å². The van der Waals surface area contributed by atoms with Crippen LogP contribution in [0.5, 0.6) is 0 Å². The predicted octanol–water partition coefficient (Wildman–Crippen LogP) is 3.62. The van der Waals surface area contributed by atoms with Crippen molar-refractivity contribution in [3.63, 3.8) is 0 Å². The largest absolute Gasteiger partial charge is 0.342 e. The number of nitro benzene ring substituents is 1. The first-order chi connectivity index (χ1) is 12.1. The van der Waals surface area contributed by atoms with Crippen molar-refractivity contribution < 1.29 is 9.72 Å². The Morgan fingerprint density at radius 3 is 2.24 bits per heavy atom. The van der Waals surface area contributed by atoms with Gasteiger partial charge in [0.2, 0.25) is 5.91 Å². The molecule has 2 aromatic carbocycles. The van der Waals surface area contributed by atoms with Crippen molar-refractivity contribution >= 4 is 11.6 Å². The lowest BCUT2D eigenvalue weighted by Crippen LogP contribution is -2.39. The maximum absolute atomic E-state index is 12.4. The van der Waals surface area contributed by atoms with Crippen molar-refractivity contribution in [2.24, 2.45) is 5.92 Å². The van der Waals surface area contributed by atoms with Gasteiger partial charge in [-0.25, -0.2) is 0 Å². The Balaban J connectivity index is 1.49. The first-order valence-corrected chi connectivity index (χ1v) is 8.67. The van der Waals surface area contributed by atoms with Crippen LogP contribution in [0.4, 0.5) is 5.69 Å². The molecule has 0 aliphatic carbocycles. The summed E-state index contributed by atoms with van der Waals surface area (Å²) in [5.74, 6) is 0.734. The highest BCUT2D eigenvalue weighted by Gasteiger charge is 2.23. The molecule has 1 amide bonds. The number of non-ortho nitro benzene ring substituents is 1. The number of nitrogens with zero attached hydrogens (tertiary/aromatic N) is 2. The lowest BCUT2D eigenvalue weighted by molar-refractivity contribution is -0.384. The molecular formula is C20H22N2O3. The van der Waals surface area contributed by atoms with E-state index in [2.05, 4.69) is 24.3 Å². The molecule has 1 fully saturated rings. The molecule has 0 bridgehead atoms. The summed E-state index contributed by atoms with van der Waals surface area (Å²) >= 11 is 0. The molecule has 1 aliphatic heterocycles. The number of hydrogen-bond donors (Lipinski definition) is 0. The summed E-state index contributed by atoms with van der Waals surface area (Å²) in [4.78, 5) is 24.6. The molecule has 1 saturated heterocycles.